The van der Waals surface area contributed by atoms with Gasteiger partial charge < -0.3 is 10.1 Å². The zero-order valence-corrected chi connectivity index (χ0v) is 15.0. The number of nitrogens with zero attached hydrogens (tertiary/aromatic N) is 1. The molecule has 128 valence electrons. The fraction of sp³-hybridized carbons (Fsp3) is 0.111. The SMILES string of the molecule is COc1ccc(C(=O)Nc2ccc(-c3csc(C)n3)c(Cl)c2)c(F)c1. The van der Waals surface area contributed by atoms with Gasteiger partial charge >= 0.3 is 0 Å². The number of anilines is 1. The number of hydrogen-bond donors (Lipinski definition) is 1. The van der Waals surface area contributed by atoms with Gasteiger partial charge in [-0.2, -0.15) is 0 Å². The average molecular weight is 377 g/mol. The number of amides is 1. The molecule has 3 aromatic rings. The van der Waals surface area contributed by atoms with Crippen LogP contribution in [0.2, 0.25) is 5.02 Å². The van der Waals surface area contributed by atoms with Gasteiger partial charge in [0, 0.05) is 22.7 Å². The number of nitrogens with one attached hydrogen (secondary N) is 1. The number of halogens is 2. The Balaban J connectivity index is 1.81. The Hall–Kier alpha value is -2.44. The molecule has 3 rings (SSSR count). The molecule has 1 N–H and O–H groups in total. The van der Waals surface area contributed by atoms with Gasteiger partial charge in [-0.25, -0.2) is 9.37 Å². The number of hydrogen-bond acceptors (Lipinski definition) is 4. The fourth-order valence-electron chi connectivity index (χ4n) is 2.29. The minimum absolute atomic E-state index is 0.0730. The van der Waals surface area contributed by atoms with Crippen molar-refractivity contribution >= 4 is 34.5 Å². The molecule has 0 aliphatic rings. The molecule has 0 aliphatic carbocycles. The van der Waals surface area contributed by atoms with Crippen LogP contribution in [0.15, 0.2) is 41.8 Å². The molecule has 0 fully saturated rings. The van der Waals surface area contributed by atoms with E-state index in [1.54, 1.807) is 18.2 Å². The first kappa shape index (κ1) is 17.4. The summed E-state index contributed by atoms with van der Waals surface area (Å²) in [4.78, 5) is 16.7. The minimum Gasteiger partial charge on any atom is -0.497 e. The summed E-state index contributed by atoms with van der Waals surface area (Å²) in [5, 5.41) is 5.96. The number of ether oxygens (including phenoxy) is 1. The smallest absolute Gasteiger partial charge is 0.258 e. The second kappa shape index (κ2) is 7.21. The van der Waals surface area contributed by atoms with E-state index in [1.807, 2.05) is 12.3 Å². The Morgan fingerprint density at radius 3 is 2.68 bits per heavy atom. The van der Waals surface area contributed by atoms with Crippen molar-refractivity contribution in [2.24, 2.45) is 0 Å². The predicted octanol–water partition coefficient (Wildman–Crippen LogP) is 5.17. The monoisotopic (exact) mass is 376 g/mol. The summed E-state index contributed by atoms with van der Waals surface area (Å²) >= 11 is 7.83. The first-order chi connectivity index (χ1) is 12.0. The van der Waals surface area contributed by atoms with Crippen LogP contribution in [-0.2, 0) is 0 Å². The summed E-state index contributed by atoms with van der Waals surface area (Å²) in [7, 11) is 1.43. The molecule has 0 bridgehead atoms. The molecule has 0 saturated heterocycles. The molecule has 1 heterocycles. The van der Waals surface area contributed by atoms with Gasteiger partial charge in [0.15, 0.2) is 0 Å². The van der Waals surface area contributed by atoms with E-state index >= 15 is 0 Å². The van der Waals surface area contributed by atoms with Crippen molar-refractivity contribution in [2.75, 3.05) is 12.4 Å². The average Bonchev–Trinajstić information content (AvgIpc) is 3.00. The number of carbonyl (C=O) groups excluding carboxylic acids is 1. The number of thiazole rings is 1. The summed E-state index contributed by atoms with van der Waals surface area (Å²) in [6, 6.07) is 9.16. The first-order valence-corrected chi connectivity index (χ1v) is 8.60. The molecule has 4 nitrogen and oxygen atoms in total. The molecule has 0 atom stereocenters. The summed E-state index contributed by atoms with van der Waals surface area (Å²) in [5.41, 5.74) is 1.96. The molecule has 0 radical (unpaired) electrons. The first-order valence-electron chi connectivity index (χ1n) is 7.35. The predicted molar refractivity (Wildman–Crippen MR) is 98.2 cm³/mol. The van der Waals surface area contributed by atoms with E-state index in [1.165, 1.54) is 30.6 Å². The van der Waals surface area contributed by atoms with Gasteiger partial charge in [0.05, 0.1) is 28.4 Å². The number of carbonyl (C=O) groups is 1. The van der Waals surface area contributed by atoms with Gasteiger partial charge in [-0.05, 0) is 37.3 Å². The number of rotatable bonds is 4. The maximum Gasteiger partial charge on any atom is 0.258 e. The molecule has 7 heteroatoms. The summed E-state index contributed by atoms with van der Waals surface area (Å²) in [6.45, 7) is 1.92. The maximum absolute atomic E-state index is 14.0. The van der Waals surface area contributed by atoms with Crippen LogP contribution in [0.4, 0.5) is 10.1 Å². The highest BCUT2D eigenvalue weighted by molar-refractivity contribution is 7.09. The van der Waals surface area contributed by atoms with E-state index in [9.17, 15) is 9.18 Å². The van der Waals surface area contributed by atoms with Crippen LogP contribution in [0, 0.1) is 12.7 Å². The van der Waals surface area contributed by atoms with Gasteiger partial charge in [0.2, 0.25) is 0 Å². The fourth-order valence-corrected chi connectivity index (χ4v) is 3.18. The summed E-state index contributed by atoms with van der Waals surface area (Å²) in [6.07, 6.45) is 0. The van der Waals surface area contributed by atoms with Gasteiger partial charge in [0.1, 0.15) is 11.6 Å². The molecular formula is C18H14ClFN2O2S. The van der Waals surface area contributed by atoms with E-state index in [4.69, 9.17) is 16.3 Å². The Kier molecular flexibility index (Phi) is 5.01. The highest BCUT2D eigenvalue weighted by Gasteiger charge is 2.14. The van der Waals surface area contributed by atoms with Crippen LogP contribution in [0.25, 0.3) is 11.3 Å². The van der Waals surface area contributed by atoms with Crippen molar-refractivity contribution < 1.29 is 13.9 Å². The third-order valence-electron chi connectivity index (χ3n) is 3.54. The van der Waals surface area contributed by atoms with Gasteiger partial charge in [-0.1, -0.05) is 11.6 Å². The van der Waals surface area contributed by atoms with Crippen LogP contribution < -0.4 is 10.1 Å². The second-order valence-electron chi connectivity index (χ2n) is 5.25. The van der Waals surface area contributed by atoms with E-state index in [2.05, 4.69) is 10.3 Å². The Bertz CT molecular complexity index is 943. The standard InChI is InChI=1S/C18H14ClFN2O2S/c1-10-21-17(9-25-10)13-5-3-11(7-15(13)19)22-18(23)14-6-4-12(24-2)8-16(14)20/h3-9H,1-2H3,(H,22,23). The molecule has 25 heavy (non-hydrogen) atoms. The van der Waals surface area contributed by atoms with Gasteiger partial charge in [-0.3, -0.25) is 4.79 Å². The van der Waals surface area contributed by atoms with Crippen LogP contribution in [0.1, 0.15) is 15.4 Å². The van der Waals surface area contributed by atoms with Crippen molar-refractivity contribution in [1.82, 2.24) is 4.98 Å². The van der Waals surface area contributed by atoms with Crippen LogP contribution >= 0.6 is 22.9 Å². The summed E-state index contributed by atoms with van der Waals surface area (Å²) in [5.74, 6) is -0.869. The van der Waals surface area contributed by atoms with Gasteiger partial charge in [-0.15, -0.1) is 11.3 Å². The number of benzene rings is 2. The Morgan fingerprint density at radius 1 is 1.28 bits per heavy atom. The molecule has 1 amide bonds. The third-order valence-corrected chi connectivity index (χ3v) is 4.63. The van der Waals surface area contributed by atoms with Crippen molar-refractivity contribution in [2.45, 2.75) is 6.92 Å². The third kappa shape index (κ3) is 3.81. The molecular weight excluding hydrogens is 363 g/mol. The number of methoxy groups -OCH3 is 1. The molecule has 0 spiro atoms. The number of aromatic nitrogens is 1. The van der Waals surface area contributed by atoms with E-state index in [0.717, 1.165) is 22.3 Å². The lowest BCUT2D eigenvalue weighted by molar-refractivity contribution is 0.102. The van der Waals surface area contributed by atoms with Crippen LogP contribution in [-0.4, -0.2) is 18.0 Å². The van der Waals surface area contributed by atoms with Crippen molar-refractivity contribution in [3.8, 4) is 17.0 Å². The maximum atomic E-state index is 14.0. The van der Waals surface area contributed by atoms with Crippen molar-refractivity contribution in [1.29, 1.82) is 0 Å². The normalized spacial score (nSPS) is 10.6. The molecule has 1 aromatic heterocycles. The molecule has 0 saturated carbocycles. The van der Waals surface area contributed by atoms with Crippen molar-refractivity contribution in [3.05, 3.63) is 63.2 Å². The van der Waals surface area contributed by atoms with Crippen LogP contribution in [0.5, 0.6) is 5.75 Å². The Labute approximate surface area is 153 Å². The largest absolute Gasteiger partial charge is 0.497 e. The molecule has 0 aliphatic heterocycles. The molecule has 0 unspecified atom stereocenters. The summed E-state index contributed by atoms with van der Waals surface area (Å²) < 4.78 is 18.9. The van der Waals surface area contributed by atoms with Gasteiger partial charge in [0.25, 0.3) is 5.91 Å². The minimum atomic E-state index is -0.655. The zero-order chi connectivity index (χ0) is 18.0. The Morgan fingerprint density at radius 2 is 2.08 bits per heavy atom. The highest BCUT2D eigenvalue weighted by Crippen LogP contribution is 2.31. The van der Waals surface area contributed by atoms with Crippen molar-refractivity contribution in [3.63, 3.8) is 0 Å². The van der Waals surface area contributed by atoms with E-state index < -0.39 is 11.7 Å². The molecule has 2 aromatic carbocycles. The van der Waals surface area contributed by atoms with Crippen LogP contribution in [0.3, 0.4) is 0 Å². The quantitative estimate of drug-likeness (QED) is 0.683. The highest BCUT2D eigenvalue weighted by atomic mass is 35.5. The van der Waals surface area contributed by atoms with E-state index in [0.29, 0.717) is 16.5 Å². The lowest BCUT2D eigenvalue weighted by Crippen LogP contribution is -2.13. The lowest BCUT2D eigenvalue weighted by atomic mass is 10.1. The zero-order valence-electron chi connectivity index (χ0n) is 13.5. The van der Waals surface area contributed by atoms with E-state index in [-0.39, 0.29) is 5.56 Å². The second-order valence-corrected chi connectivity index (χ2v) is 6.72. The topological polar surface area (TPSA) is 51.2 Å². The number of aryl methyl sites for hydroxylation is 1. The lowest BCUT2D eigenvalue weighted by Gasteiger charge is -2.09.